The van der Waals surface area contributed by atoms with Gasteiger partial charge in [-0.05, 0) is 18.6 Å². The van der Waals surface area contributed by atoms with E-state index in [1.165, 1.54) is 10.6 Å². The van der Waals surface area contributed by atoms with Gasteiger partial charge in [-0.15, -0.1) is 0 Å². The van der Waals surface area contributed by atoms with Gasteiger partial charge in [-0.2, -0.15) is 12.6 Å². The number of rotatable bonds is 0. The van der Waals surface area contributed by atoms with Crippen LogP contribution in [0.4, 0.5) is 5.69 Å². The number of aromatic nitrogens is 1. The SMILES string of the molecule is CCS.Nc1c[nH]c2c1=CCCC=2. The van der Waals surface area contributed by atoms with E-state index in [9.17, 15) is 0 Å². The summed E-state index contributed by atoms with van der Waals surface area (Å²) in [5.74, 6) is 0.944. The Kier molecular flexibility index (Phi) is 3.96. The van der Waals surface area contributed by atoms with Crippen molar-refractivity contribution in [1.29, 1.82) is 0 Å². The van der Waals surface area contributed by atoms with E-state index in [0.29, 0.717) is 0 Å². The van der Waals surface area contributed by atoms with E-state index in [2.05, 4.69) is 29.8 Å². The van der Waals surface area contributed by atoms with Crippen molar-refractivity contribution in [2.75, 3.05) is 11.5 Å². The van der Waals surface area contributed by atoms with Gasteiger partial charge in [0.15, 0.2) is 0 Å². The quantitative estimate of drug-likeness (QED) is 0.530. The first-order chi connectivity index (χ1) is 6.29. The van der Waals surface area contributed by atoms with Gasteiger partial charge in [0.1, 0.15) is 0 Å². The number of hydrogen-bond donors (Lipinski definition) is 3. The van der Waals surface area contributed by atoms with Crippen molar-refractivity contribution in [2.24, 2.45) is 0 Å². The van der Waals surface area contributed by atoms with Gasteiger partial charge in [-0.1, -0.05) is 19.1 Å². The Morgan fingerprint density at radius 2 is 2.08 bits per heavy atom. The summed E-state index contributed by atoms with van der Waals surface area (Å²) in [6.07, 6.45) is 8.47. The number of hydrogen-bond acceptors (Lipinski definition) is 2. The average molecular weight is 196 g/mol. The molecule has 0 radical (unpaired) electrons. The smallest absolute Gasteiger partial charge is 0.0568 e. The highest BCUT2D eigenvalue weighted by Gasteiger charge is 1.96. The number of nitrogen functional groups attached to an aromatic ring is 1. The number of H-pyrrole nitrogens is 1. The van der Waals surface area contributed by atoms with Crippen molar-refractivity contribution in [3.8, 4) is 0 Å². The summed E-state index contributed by atoms with van der Waals surface area (Å²) < 4.78 is 0. The Bertz CT molecular complexity index is 365. The molecule has 0 atom stereocenters. The second-order valence-electron chi connectivity index (χ2n) is 2.87. The number of nitrogens with two attached hydrogens (primary N) is 1. The fraction of sp³-hybridized carbons (Fsp3) is 0.400. The van der Waals surface area contributed by atoms with Crippen LogP contribution in [0.1, 0.15) is 19.8 Å². The molecule has 0 aromatic carbocycles. The highest BCUT2D eigenvalue weighted by atomic mass is 32.1. The van der Waals surface area contributed by atoms with Crippen molar-refractivity contribution in [2.45, 2.75) is 19.8 Å². The lowest BCUT2D eigenvalue weighted by Crippen LogP contribution is -2.26. The lowest BCUT2D eigenvalue weighted by molar-refractivity contribution is 1.10. The van der Waals surface area contributed by atoms with E-state index in [4.69, 9.17) is 5.73 Å². The molecule has 72 valence electrons. The van der Waals surface area contributed by atoms with Gasteiger partial charge in [-0.3, -0.25) is 0 Å². The molecule has 0 spiro atoms. The Morgan fingerprint density at radius 1 is 1.46 bits per heavy atom. The third kappa shape index (κ3) is 2.56. The minimum Gasteiger partial charge on any atom is -0.397 e. The minimum absolute atomic E-state index is 0.867. The highest BCUT2D eigenvalue weighted by Crippen LogP contribution is 1.96. The first-order valence-electron chi connectivity index (χ1n) is 4.53. The Hall–Kier alpha value is -0.830. The monoisotopic (exact) mass is 196 g/mol. The summed E-state index contributed by atoms with van der Waals surface area (Å²) >= 11 is 3.79. The van der Waals surface area contributed by atoms with Gasteiger partial charge in [-0.25, -0.2) is 0 Å². The van der Waals surface area contributed by atoms with E-state index >= 15 is 0 Å². The summed E-state index contributed by atoms with van der Waals surface area (Å²) in [6.45, 7) is 1.99. The lowest BCUT2D eigenvalue weighted by Gasteiger charge is -1.93. The molecule has 3 N–H and O–H groups in total. The van der Waals surface area contributed by atoms with Crippen LogP contribution in [0.2, 0.25) is 0 Å². The molecule has 0 bridgehead atoms. The molecule has 3 heteroatoms. The van der Waals surface area contributed by atoms with Gasteiger partial charge in [0.05, 0.1) is 5.69 Å². The highest BCUT2D eigenvalue weighted by molar-refractivity contribution is 7.80. The number of thiol groups is 1. The second-order valence-corrected chi connectivity index (χ2v) is 3.51. The molecule has 0 fully saturated rings. The van der Waals surface area contributed by atoms with Crippen molar-refractivity contribution < 1.29 is 0 Å². The Labute approximate surface area is 83.9 Å². The van der Waals surface area contributed by atoms with E-state index in [1.807, 2.05) is 13.1 Å². The molecule has 1 heterocycles. The summed E-state index contributed by atoms with van der Waals surface area (Å²) in [5, 5.41) is 2.37. The first-order valence-corrected chi connectivity index (χ1v) is 5.17. The summed E-state index contributed by atoms with van der Waals surface area (Å²) in [4.78, 5) is 3.11. The largest absolute Gasteiger partial charge is 0.397 e. The topological polar surface area (TPSA) is 41.8 Å². The van der Waals surface area contributed by atoms with Crippen LogP contribution in [0.5, 0.6) is 0 Å². The van der Waals surface area contributed by atoms with Crippen LogP contribution in [0, 0.1) is 0 Å². The van der Waals surface area contributed by atoms with Gasteiger partial charge < -0.3 is 10.7 Å². The van der Waals surface area contributed by atoms with Crippen LogP contribution < -0.4 is 16.3 Å². The van der Waals surface area contributed by atoms with Crippen LogP contribution >= 0.6 is 12.6 Å². The standard InChI is InChI=1S/C8H10N2.C2H6S/c9-7-5-10-8-4-2-1-3-6(7)8;1-2-3/h3-5,10H,1-2,9H2;3H,2H2,1H3. The third-order valence-corrected chi connectivity index (χ3v) is 1.85. The molecular formula is C10H16N2S. The molecule has 0 saturated heterocycles. The van der Waals surface area contributed by atoms with Crippen molar-refractivity contribution in [3.05, 3.63) is 16.8 Å². The fourth-order valence-electron chi connectivity index (χ4n) is 1.32. The maximum Gasteiger partial charge on any atom is 0.0568 e. The predicted molar refractivity (Wildman–Crippen MR) is 62.1 cm³/mol. The van der Waals surface area contributed by atoms with Crippen molar-refractivity contribution >= 4 is 30.5 Å². The Balaban J connectivity index is 0.000000251. The molecule has 1 aromatic heterocycles. The van der Waals surface area contributed by atoms with Crippen LogP contribution in [-0.4, -0.2) is 10.7 Å². The summed E-state index contributed by atoms with van der Waals surface area (Å²) in [7, 11) is 0. The van der Waals surface area contributed by atoms with Gasteiger partial charge in [0.25, 0.3) is 0 Å². The van der Waals surface area contributed by atoms with E-state index < -0.39 is 0 Å². The number of anilines is 1. The molecule has 1 aliphatic carbocycles. The first kappa shape index (κ1) is 10.3. The van der Waals surface area contributed by atoms with E-state index in [-0.39, 0.29) is 0 Å². The maximum atomic E-state index is 5.68. The molecule has 0 saturated carbocycles. The van der Waals surface area contributed by atoms with Crippen LogP contribution in [0.3, 0.4) is 0 Å². The molecule has 0 amide bonds. The zero-order valence-corrected chi connectivity index (χ0v) is 8.77. The minimum atomic E-state index is 0.867. The van der Waals surface area contributed by atoms with Crippen LogP contribution in [0.15, 0.2) is 6.20 Å². The predicted octanol–water partition coefficient (Wildman–Crippen LogP) is 0.888. The Morgan fingerprint density at radius 3 is 2.69 bits per heavy atom. The molecule has 0 unspecified atom stereocenters. The normalized spacial score (nSPS) is 13.1. The molecule has 2 nitrogen and oxygen atoms in total. The second kappa shape index (κ2) is 5.02. The molecule has 1 aromatic rings. The zero-order valence-electron chi connectivity index (χ0n) is 7.88. The number of nitrogens with one attached hydrogen (secondary N) is 1. The zero-order chi connectivity index (χ0) is 9.68. The number of aromatic amines is 1. The van der Waals surface area contributed by atoms with Crippen LogP contribution in [0.25, 0.3) is 12.2 Å². The van der Waals surface area contributed by atoms with Crippen molar-refractivity contribution in [1.82, 2.24) is 4.98 Å². The van der Waals surface area contributed by atoms with Crippen LogP contribution in [-0.2, 0) is 0 Å². The van der Waals surface area contributed by atoms with Gasteiger partial charge in [0, 0.05) is 16.8 Å². The lowest BCUT2D eigenvalue weighted by atomic mass is 10.1. The molecule has 1 aliphatic rings. The fourth-order valence-corrected chi connectivity index (χ4v) is 1.32. The molecule has 0 aliphatic heterocycles. The maximum absolute atomic E-state index is 5.68. The number of fused-ring (bicyclic) bond motifs is 1. The average Bonchev–Trinajstić information content (AvgIpc) is 2.50. The van der Waals surface area contributed by atoms with E-state index in [1.54, 1.807) is 0 Å². The molecule has 13 heavy (non-hydrogen) atoms. The van der Waals surface area contributed by atoms with E-state index in [0.717, 1.165) is 24.3 Å². The van der Waals surface area contributed by atoms with Crippen molar-refractivity contribution in [3.63, 3.8) is 0 Å². The summed E-state index contributed by atoms with van der Waals surface area (Å²) in [5.41, 5.74) is 6.55. The van der Waals surface area contributed by atoms with Gasteiger partial charge >= 0.3 is 0 Å². The molecular weight excluding hydrogens is 180 g/mol. The third-order valence-electron chi connectivity index (χ3n) is 1.85. The summed E-state index contributed by atoms with van der Waals surface area (Å²) in [6, 6.07) is 0. The molecule has 2 rings (SSSR count). The van der Waals surface area contributed by atoms with Gasteiger partial charge in [0.2, 0.25) is 0 Å².